The van der Waals surface area contributed by atoms with Crippen molar-refractivity contribution in [3.05, 3.63) is 0 Å². The lowest BCUT2D eigenvalue weighted by molar-refractivity contribution is -0.137. The van der Waals surface area contributed by atoms with E-state index in [1.807, 2.05) is 34.7 Å². The third-order valence-corrected chi connectivity index (χ3v) is 2.12. The molecule has 13 heavy (non-hydrogen) atoms. The molecule has 0 spiro atoms. The molecule has 0 saturated carbocycles. The molecule has 0 heterocycles. The van der Waals surface area contributed by atoms with Gasteiger partial charge in [0.05, 0.1) is 12.5 Å². The van der Waals surface area contributed by atoms with E-state index in [2.05, 4.69) is 0 Å². The zero-order valence-electron chi connectivity index (χ0n) is 9.33. The lowest BCUT2D eigenvalue weighted by Crippen LogP contribution is -2.38. The van der Waals surface area contributed by atoms with Crippen molar-refractivity contribution in [2.75, 3.05) is 20.3 Å². The first-order chi connectivity index (χ1) is 6.00. The summed E-state index contributed by atoms with van der Waals surface area (Å²) in [5, 5.41) is 0. The smallest absolute Gasteiger partial charge is 0.227 e. The first-order valence-corrected chi connectivity index (χ1v) is 4.85. The van der Waals surface area contributed by atoms with Gasteiger partial charge in [-0.05, 0) is 20.8 Å². The Morgan fingerprint density at radius 2 is 1.92 bits per heavy atom. The molecular weight excluding hydrogens is 166 g/mol. The Bertz CT molecular complexity index is 157. The number of hydrogen-bond donors (Lipinski definition) is 0. The maximum atomic E-state index is 11.6. The molecule has 0 aliphatic carbocycles. The minimum Gasteiger partial charge on any atom is -0.381 e. The highest BCUT2D eigenvalue weighted by molar-refractivity contribution is 5.78. The van der Waals surface area contributed by atoms with Gasteiger partial charge >= 0.3 is 0 Å². The number of rotatable bonds is 5. The third kappa shape index (κ3) is 4.27. The van der Waals surface area contributed by atoms with E-state index in [1.165, 1.54) is 0 Å². The van der Waals surface area contributed by atoms with Gasteiger partial charge in [-0.2, -0.15) is 0 Å². The van der Waals surface area contributed by atoms with Gasteiger partial charge in [-0.3, -0.25) is 4.79 Å². The zero-order chi connectivity index (χ0) is 10.4. The van der Waals surface area contributed by atoms with Crippen molar-refractivity contribution in [2.45, 2.75) is 33.7 Å². The van der Waals surface area contributed by atoms with Crippen LogP contribution in [0.4, 0.5) is 0 Å². The number of carbonyl (C=O) groups excluding carboxylic acids is 1. The van der Waals surface area contributed by atoms with Crippen LogP contribution in [0.2, 0.25) is 0 Å². The molecule has 3 nitrogen and oxygen atoms in total. The second kappa shape index (κ2) is 5.97. The van der Waals surface area contributed by atoms with Gasteiger partial charge in [0.2, 0.25) is 5.91 Å². The van der Waals surface area contributed by atoms with Gasteiger partial charge in [0, 0.05) is 19.7 Å². The molecule has 0 rings (SSSR count). The van der Waals surface area contributed by atoms with Gasteiger partial charge in [-0.15, -0.1) is 0 Å². The Morgan fingerprint density at radius 3 is 2.31 bits per heavy atom. The van der Waals surface area contributed by atoms with E-state index in [9.17, 15) is 4.79 Å². The SMILES string of the molecule is CCOCC(C)C(=O)N(C)C(C)C. The summed E-state index contributed by atoms with van der Waals surface area (Å²) >= 11 is 0. The summed E-state index contributed by atoms with van der Waals surface area (Å²) in [5.41, 5.74) is 0. The van der Waals surface area contributed by atoms with E-state index in [1.54, 1.807) is 4.90 Å². The molecule has 0 bridgehead atoms. The van der Waals surface area contributed by atoms with Crippen LogP contribution in [-0.2, 0) is 9.53 Å². The normalized spacial score (nSPS) is 13.1. The van der Waals surface area contributed by atoms with Gasteiger partial charge in [0.25, 0.3) is 0 Å². The molecule has 0 N–H and O–H groups in total. The molecule has 0 saturated heterocycles. The highest BCUT2D eigenvalue weighted by Crippen LogP contribution is 2.04. The van der Waals surface area contributed by atoms with Crippen LogP contribution in [0, 0.1) is 5.92 Å². The monoisotopic (exact) mass is 187 g/mol. The topological polar surface area (TPSA) is 29.5 Å². The third-order valence-electron chi connectivity index (χ3n) is 2.12. The van der Waals surface area contributed by atoms with Crippen LogP contribution < -0.4 is 0 Å². The van der Waals surface area contributed by atoms with Crippen LogP contribution in [0.5, 0.6) is 0 Å². The number of carbonyl (C=O) groups is 1. The quantitative estimate of drug-likeness (QED) is 0.653. The van der Waals surface area contributed by atoms with Crippen LogP contribution >= 0.6 is 0 Å². The fraction of sp³-hybridized carbons (Fsp3) is 0.900. The number of hydrogen-bond acceptors (Lipinski definition) is 2. The first kappa shape index (κ1) is 12.4. The number of ether oxygens (including phenoxy) is 1. The molecule has 0 aliphatic rings. The van der Waals surface area contributed by atoms with Gasteiger partial charge in [0.15, 0.2) is 0 Å². The summed E-state index contributed by atoms with van der Waals surface area (Å²) in [6.45, 7) is 9.03. The molecule has 1 amide bonds. The second-order valence-corrected chi connectivity index (χ2v) is 3.60. The van der Waals surface area contributed by atoms with Gasteiger partial charge in [0.1, 0.15) is 0 Å². The molecule has 1 unspecified atom stereocenters. The molecule has 78 valence electrons. The fourth-order valence-corrected chi connectivity index (χ4v) is 0.968. The average Bonchev–Trinajstić information content (AvgIpc) is 2.11. The summed E-state index contributed by atoms with van der Waals surface area (Å²) in [4.78, 5) is 13.4. The Morgan fingerprint density at radius 1 is 1.38 bits per heavy atom. The van der Waals surface area contributed by atoms with Crippen molar-refractivity contribution < 1.29 is 9.53 Å². The molecule has 0 fully saturated rings. The van der Waals surface area contributed by atoms with E-state index < -0.39 is 0 Å². The van der Waals surface area contributed by atoms with Crippen LogP contribution in [0.3, 0.4) is 0 Å². The molecule has 3 heteroatoms. The number of nitrogens with zero attached hydrogens (tertiary/aromatic N) is 1. The molecule has 0 aromatic rings. The zero-order valence-corrected chi connectivity index (χ0v) is 9.33. The Kier molecular flexibility index (Phi) is 5.71. The lowest BCUT2D eigenvalue weighted by atomic mass is 10.1. The van der Waals surface area contributed by atoms with Crippen LogP contribution in [-0.4, -0.2) is 37.1 Å². The van der Waals surface area contributed by atoms with Gasteiger partial charge in [-0.1, -0.05) is 6.92 Å². The van der Waals surface area contributed by atoms with Crippen molar-refractivity contribution in [3.8, 4) is 0 Å². The average molecular weight is 187 g/mol. The van der Waals surface area contributed by atoms with Gasteiger partial charge < -0.3 is 9.64 Å². The Hall–Kier alpha value is -0.570. The largest absolute Gasteiger partial charge is 0.381 e. The molecule has 0 aromatic carbocycles. The lowest BCUT2D eigenvalue weighted by Gasteiger charge is -2.24. The van der Waals surface area contributed by atoms with Crippen LogP contribution in [0.15, 0.2) is 0 Å². The highest BCUT2D eigenvalue weighted by Gasteiger charge is 2.18. The van der Waals surface area contributed by atoms with E-state index in [-0.39, 0.29) is 17.9 Å². The number of amides is 1. The Labute approximate surface area is 81.1 Å². The molecule has 1 atom stereocenters. The van der Waals surface area contributed by atoms with Crippen molar-refractivity contribution in [1.29, 1.82) is 0 Å². The molecule has 0 aromatic heterocycles. The minimum atomic E-state index is -0.0349. The summed E-state index contributed by atoms with van der Waals surface area (Å²) < 4.78 is 5.20. The van der Waals surface area contributed by atoms with E-state index in [0.29, 0.717) is 13.2 Å². The molecular formula is C10H21NO2. The van der Waals surface area contributed by atoms with Crippen LogP contribution in [0.25, 0.3) is 0 Å². The first-order valence-electron chi connectivity index (χ1n) is 4.85. The molecule has 0 radical (unpaired) electrons. The van der Waals surface area contributed by atoms with Crippen molar-refractivity contribution >= 4 is 5.91 Å². The van der Waals surface area contributed by atoms with Crippen molar-refractivity contribution in [3.63, 3.8) is 0 Å². The minimum absolute atomic E-state index is 0.0349. The standard InChI is InChI=1S/C10H21NO2/c1-6-13-7-9(4)10(12)11(5)8(2)3/h8-9H,6-7H2,1-5H3. The second-order valence-electron chi connectivity index (χ2n) is 3.60. The van der Waals surface area contributed by atoms with E-state index >= 15 is 0 Å². The van der Waals surface area contributed by atoms with Crippen LogP contribution in [0.1, 0.15) is 27.7 Å². The summed E-state index contributed by atoms with van der Waals surface area (Å²) in [6, 6.07) is 0.261. The predicted octanol–water partition coefficient (Wildman–Crippen LogP) is 1.53. The van der Waals surface area contributed by atoms with Crippen molar-refractivity contribution in [2.24, 2.45) is 5.92 Å². The Balaban J connectivity index is 3.94. The summed E-state index contributed by atoms with van der Waals surface area (Å²) in [7, 11) is 1.83. The summed E-state index contributed by atoms with van der Waals surface area (Å²) in [5.74, 6) is 0.121. The van der Waals surface area contributed by atoms with E-state index in [0.717, 1.165) is 0 Å². The maximum absolute atomic E-state index is 11.6. The highest BCUT2D eigenvalue weighted by atomic mass is 16.5. The van der Waals surface area contributed by atoms with E-state index in [4.69, 9.17) is 4.74 Å². The van der Waals surface area contributed by atoms with Gasteiger partial charge in [-0.25, -0.2) is 0 Å². The maximum Gasteiger partial charge on any atom is 0.227 e. The summed E-state index contributed by atoms with van der Waals surface area (Å²) in [6.07, 6.45) is 0. The predicted molar refractivity (Wildman–Crippen MR) is 53.6 cm³/mol. The fourth-order valence-electron chi connectivity index (χ4n) is 0.968. The van der Waals surface area contributed by atoms with Crippen molar-refractivity contribution in [1.82, 2.24) is 4.90 Å². The molecule has 0 aliphatic heterocycles.